The Kier molecular flexibility index (Phi) is 11.9. The van der Waals surface area contributed by atoms with Crippen LogP contribution in [0.4, 0.5) is 0 Å². The molecule has 0 aliphatic heterocycles. The molecule has 0 N–H and O–H groups in total. The molecule has 0 amide bonds. The third-order valence-electron chi connectivity index (χ3n) is 4.58. The molecule has 2 aromatic carbocycles. The summed E-state index contributed by atoms with van der Waals surface area (Å²) in [4.78, 5) is 0. The summed E-state index contributed by atoms with van der Waals surface area (Å²) in [5.74, 6) is 0. The molecular formula is C22H44O6Si7. The van der Waals surface area contributed by atoms with E-state index in [0.717, 1.165) is 10.4 Å². The van der Waals surface area contributed by atoms with Gasteiger partial charge in [0.25, 0.3) is 0 Å². The Hall–Kier alpha value is -0.282. The summed E-state index contributed by atoms with van der Waals surface area (Å²) >= 11 is 0. The predicted molar refractivity (Wildman–Crippen MR) is 163 cm³/mol. The van der Waals surface area contributed by atoms with Crippen molar-refractivity contribution in [3.63, 3.8) is 0 Å². The molecule has 196 valence electrons. The van der Waals surface area contributed by atoms with Gasteiger partial charge in [-0.2, -0.15) is 0 Å². The fourth-order valence-corrected chi connectivity index (χ4v) is 27.7. The molecule has 0 spiro atoms. The van der Waals surface area contributed by atoms with Crippen molar-refractivity contribution in [1.29, 1.82) is 0 Å². The summed E-state index contributed by atoms with van der Waals surface area (Å²) in [5.41, 5.74) is 0. The molecule has 0 fully saturated rings. The van der Waals surface area contributed by atoms with Crippen LogP contribution in [0.5, 0.6) is 0 Å². The minimum Gasteiger partial charge on any atom is -0.416 e. The van der Waals surface area contributed by atoms with Crippen molar-refractivity contribution in [2.75, 3.05) is 0 Å². The Labute approximate surface area is 222 Å². The van der Waals surface area contributed by atoms with Crippen LogP contribution in [0.2, 0.25) is 65.5 Å². The minimum atomic E-state index is -3.22. The first kappa shape index (κ1) is 30.9. The molecule has 0 radical (unpaired) electrons. The lowest BCUT2D eigenvalue weighted by atomic mass is 10.4. The van der Waals surface area contributed by atoms with Gasteiger partial charge in [0.2, 0.25) is 0 Å². The van der Waals surface area contributed by atoms with E-state index in [1.54, 1.807) is 0 Å². The standard InChI is InChI=1S/C22H44O6Si7/c1-29(2)23-34(24-30(3)4,21-17-13-11-14-18-21)27-33(9,10)28-35(25-31(5)6,26-32(7)8)22-19-15-12-16-20-22/h11-20,29-32H,1-10H3. The maximum absolute atomic E-state index is 7.06. The number of hydrogen-bond acceptors (Lipinski definition) is 6. The monoisotopic (exact) mass is 600 g/mol. The Morgan fingerprint density at radius 1 is 0.457 bits per heavy atom. The molecule has 0 saturated carbocycles. The zero-order chi connectivity index (χ0) is 26.3. The van der Waals surface area contributed by atoms with Crippen molar-refractivity contribution in [3.8, 4) is 0 Å². The maximum atomic E-state index is 7.06. The van der Waals surface area contributed by atoms with Crippen LogP contribution in [0.15, 0.2) is 60.7 Å². The van der Waals surface area contributed by atoms with Gasteiger partial charge in [-0.1, -0.05) is 60.7 Å². The first-order chi connectivity index (χ1) is 16.3. The predicted octanol–water partition coefficient (Wildman–Crippen LogP) is 3.41. The van der Waals surface area contributed by atoms with Crippen molar-refractivity contribution in [2.45, 2.75) is 65.5 Å². The largest absolute Gasteiger partial charge is 0.506 e. The summed E-state index contributed by atoms with van der Waals surface area (Å²) in [5, 5.41) is 1.99. The van der Waals surface area contributed by atoms with Crippen molar-refractivity contribution in [1.82, 2.24) is 0 Å². The molecular weight excluding hydrogens is 557 g/mol. The van der Waals surface area contributed by atoms with Gasteiger partial charge < -0.3 is 24.7 Å². The Morgan fingerprint density at radius 3 is 0.943 bits per heavy atom. The van der Waals surface area contributed by atoms with Crippen molar-refractivity contribution in [3.05, 3.63) is 60.7 Å². The second-order valence-electron chi connectivity index (χ2n) is 10.1. The van der Waals surface area contributed by atoms with Gasteiger partial charge in [0, 0.05) is 10.4 Å². The number of benzene rings is 2. The fraction of sp³-hybridized carbons (Fsp3) is 0.455. The first-order valence-corrected chi connectivity index (χ1v) is 29.9. The Balaban J connectivity index is 2.59. The number of rotatable bonds is 14. The Morgan fingerprint density at radius 2 is 0.714 bits per heavy atom. The van der Waals surface area contributed by atoms with Crippen LogP contribution in [0.3, 0.4) is 0 Å². The van der Waals surface area contributed by atoms with Crippen molar-refractivity contribution in [2.24, 2.45) is 0 Å². The van der Waals surface area contributed by atoms with Gasteiger partial charge in [-0.25, -0.2) is 0 Å². The SMILES string of the molecule is C[SiH](C)O[Si](O[SiH](C)C)(O[Si](C)(C)O[Si](O[SiH](C)C)(O[SiH](C)C)c1ccccc1)c1ccccc1. The summed E-state index contributed by atoms with van der Waals surface area (Å²) in [6.07, 6.45) is 0. The molecule has 6 nitrogen and oxygen atoms in total. The molecule has 2 rings (SSSR count). The molecule has 0 unspecified atom stereocenters. The molecule has 2 aromatic rings. The van der Waals surface area contributed by atoms with E-state index >= 15 is 0 Å². The third-order valence-corrected chi connectivity index (χ3v) is 25.2. The normalized spacial score (nSPS) is 13.4. The molecule has 0 aliphatic rings. The highest BCUT2D eigenvalue weighted by Crippen LogP contribution is 2.26. The minimum absolute atomic E-state index is 0.997. The van der Waals surface area contributed by atoms with Gasteiger partial charge >= 0.3 is 26.2 Å². The van der Waals surface area contributed by atoms with Crippen LogP contribution < -0.4 is 10.4 Å². The summed E-state index contributed by atoms with van der Waals surface area (Å²) in [7, 11) is -15.4. The van der Waals surface area contributed by atoms with E-state index in [2.05, 4.69) is 89.7 Å². The van der Waals surface area contributed by atoms with Gasteiger partial charge in [-0.05, 0) is 65.5 Å². The van der Waals surface area contributed by atoms with Crippen molar-refractivity contribution >= 4 is 72.7 Å². The van der Waals surface area contributed by atoms with Crippen LogP contribution in [0.25, 0.3) is 0 Å². The maximum Gasteiger partial charge on any atom is 0.506 e. The number of hydrogen-bond donors (Lipinski definition) is 0. The van der Waals surface area contributed by atoms with Crippen LogP contribution in [0, 0.1) is 0 Å². The molecule has 0 saturated heterocycles. The van der Waals surface area contributed by atoms with Crippen LogP contribution in [0.1, 0.15) is 0 Å². The molecule has 0 aliphatic carbocycles. The zero-order valence-corrected chi connectivity index (χ0v) is 30.7. The van der Waals surface area contributed by atoms with Gasteiger partial charge in [0.15, 0.2) is 36.2 Å². The first-order valence-electron chi connectivity index (χ1n) is 12.5. The Bertz CT molecular complexity index is 793. The van der Waals surface area contributed by atoms with E-state index in [-0.39, 0.29) is 0 Å². The summed E-state index contributed by atoms with van der Waals surface area (Å²) in [6, 6.07) is 20.4. The lowest BCUT2D eigenvalue weighted by Gasteiger charge is -2.43. The van der Waals surface area contributed by atoms with Gasteiger partial charge in [0.05, 0.1) is 0 Å². The van der Waals surface area contributed by atoms with E-state index in [9.17, 15) is 0 Å². The quantitative estimate of drug-likeness (QED) is 0.310. The topological polar surface area (TPSA) is 55.4 Å². The van der Waals surface area contributed by atoms with E-state index < -0.39 is 62.3 Å². The second kappa shape index (κ2) is 13.5. The molecule has 0 aromatic heterocycles. The average molecular weight is 601 g/mol. The van der Waals surface area contributed by atoms with Gasteiger partial charge in [-0.15, -0.1) is 0 Å². The smallest absolute Gasteiger partial charge is 0.416 e. The summed E-state index contributed by atoms with van der Waals surface area (Å²) in [6.45, 7) is 21.5. The molecule has 0 heterocycles. The molecule has 13 heteroatoms. The molecule has 0 bridgehead atoms. The van der Waals surface area contributed by atoms with Crippen molar-refractivity contribution < 1.29 is 24.7 Å². The van der Waals surface area contributed by atoms with E-state index in [1.165, 1.54) is 0 Å². The van der Waals surface area contributed by atoms with Crippen LogP contribution in [-0.4, -0.2) is 62.3 Å². The average Bonchev–Trinajstić information content (AvgIpc) is 2.72. The molecule has 35 heavy (non-hydrogen) atoms. The van der Waals surface area contributed by atoms with Gasteiger partial charge in [0.1, 0.15) is 0 Å². The fourth-order valence-electron chi connectivity index (χ4n) is 3.74. The summed E-state index contributed by atoms with van der Waals surface area (Å²) < 4.78 is 41.0. The zero-order valence-electron chi connectivity index (χ0n) is 23.0. The highest BCUT2D eigenvalue weighted by atomic mass is 28.5. The lowest BCUT2D eigenvalue weighted by molar-refractivity contribution is 0.216. The lowest BCUT2D eigenvalue weighted by Crippen LogP contribution is -2.70. The highest BCUT2D eigenvalue weighted by Gasteiger charge is 2.55. The van der Waals surface area contributed by atoms with Crippen LogP contribution in [-0.2, 0) is 24.7 Å². The van der Waals surface area contributed by atoms with E-state index in [4.69, 9.17) is 24.7 Å². The van der Waals surface area contributed by atoms with E-state index in [1.807, 2.05) is 36.4 Å². The van der Waals surface area contributed by atoms with E-state index in [0.29, 0.717) is 0 Å². The van der Waals surface area contributed by atoms with Gasteiger partial charge in [-0.3, -0.25) is 0 Å². The highest BCUT2D eigenvalue weighted by molar-refractivity contribution is 6.95. The second-order valence-corrected chi connectivity index (χ2v) is 30.1. The molecule has 0 atom stereocenters. The van der Waals surface area contributed by atoms with Crippen LogP contribution >= 0.6 is 0 Å². The third kappa shape index (κ3) is 9.51.